The molecule has 0 amide bonds. The van der Waals surface area contributed by atoms with E-state index in [0.29, 0.717) is 11.5 Å². The highest BCUT2D eigenvalue weighted by Gasteiger charge is 2.44. The number of benzene rings is 1. The van der Waals surface area contributed by atoms with Crippen molar-refractivity contribution in [3.8, 4) is 11.5 Å². The summed E-state index contributed by atoms with van der Waals surface area (Å²) in [5, 5.41) is 0.833. The SMILES string of the molecule is COc1cc(OC)cc([C@H]2[C@H](S(=O)(=O)NC(C)(C)C)CON2C)c1. The van der Waals surface area contributed by atoms with E-state index in [4.69, 9.17) is 14.3 Å². The summed E-state index contributed by atoms with van der Waals surface area (Å²) >= 11 is 0. The zero-order valence-electron chi connectivity index (χ0n) is 15.0. The molecule has 8 heteroatoms. The Morgan fingerprint density at radius 2 is 1.71 bits per heavy atom. The Kier molecular flexibility index (Phi) is 5.44. The van der Waals surface area contributed by atoms with Crippen LogP contribution in [0, 0.1) is 0 Å². The van der Waals surface area contributed by atoms with Crippen molar-refractivity contribution in [2.75, 3.05) is 27.9 Å². The molecule has 0 spiro atoms. The number of nitrogens with one attached hydrogen (secondary N) is 1. The Labute approximate surface area is 143 Å². The maximum Gasteiger partial charge on any atom is 0.219 e. The second-order valence-electron chi connectivity index (χ2n) is 6.87. The van der Waals surface area contributed by atoms with Crippen LogP contribution in [0.25, 0.3) is 0 Å². The molecular formula is C16H26N2O5S. The van der Waals surface area contributed by atoms with Gasteiger partial charge in [0.1, 0.15) is 16.7 Å². The van der Waals surface area contributed by atoms with Crippen LogP contribution in [0.5, 0.6) is 11.5 Å². The zero-order valence-corrected chi connectivity index (χ0v) is 15.8. The van der Waals surface area contributed by atoms with E-state index in [9.17, 15) is 8.42 Å². The minimum atomic E-state index is -3.59. The standard InChI is InChI=1S/C16H26N2O5S/c1-16(2,3)17-24(19,20)14-10-23-18(4)15(14)11-7-12(21-5)9-13(8-11)22-6/h7-9,14-15,17H,10H2,1-6H3/t14-,15+/m1/s1. The Morgan fingerprint density at radius 1 is 1.17 bits per heavy atom. The third-order valence-corrected chi connectivity index (χ3v) is 5.84. The number of rotatable bonds is 5. The van der Waals surface area contributed by atoms with Gasteiger partial charge < -0.3 is 9.47 Å². The smallest absolute Gasteiger partial charge is 0.219 e. The van der Waals surface area contributed by atoms with Gasteiger partial charge in [0.25, 0.3) is 0 Å². The van der Waals surface area contributed by atoms with Gasteiger partial charge in [0.05, 0.1) is 26.9 Å². The first-order valence-electron chi connectivity index (χ1n) is 7.69. The van der Waals surface area contributed by atoms with Crippen molar-refractivity contribution in [3.05, 3.63) is 23.8 Å². The van der Waals surface area contributed by atoms with Crippen LogP contribution in [0.15, 0.2) is 18.2 Å². The molecule has 1 aromatic rings. The number of nitrogens with zero attached hydrogens (tertiary/aromatic N) is 1. The Bertz CT molecular complexity index is 662. The molecule has 136 valence electrons. The minimum Gasteiger partial charge on any atom is -0.497 e. The highest BCUT2D eigenvalue weighted by atomic mass is 32.2. The average Bonchev–Trinajstić information content (AvgIpc) is 2.87. The van der Waals surface area contributed by atoms with Crippen molar-refractivity contribution in [2.24, 2.45) is 0 Å². The lowest BCUT2D eigenvalue weighted by Gasteiger charge is -2.27. The fraction of sp³-hybridized carbons (Fsp3) is 0.625. The second kappa shape index (κ2) is 6.87. The van der Waals surface area contributed by atoms with E-state index in [1.165, 1.54) is 0 Å². The molecule has 2 rings (SSSR count). The van der Waals surface area contributed by atoms with Crippen molar-refractivity contribution in [3.63, 3.8) is 0 Å². The van der Waals surface area contributed by atoms with Crippen molar-refractivity contribution in [1.82, 2.24) is 9.79 Å². The molecule has 0 aliphatic carbocycles. The van der Waals surface area contributed by atoms with Gasteiger partial charge in [0, 0.05) is 18.7 Å². The summed E-state index contributed by atoms with van der Waals surface area (Å²) in [6, 6.07) is 4.89. The van der Waals surface area contributed by atoms with E-state index in [1.807, 2.05) is 20.8 Å². The predicted molar refractivity (Wildman–Crippen MR) is 91.6 cm³/mol. The van der Waals surface area contributed by atoms with E-state index in [1.54, 1.807) is 44.5 Å². The molecule has 1 N–H and O–H groups in total. The molecule has 0 bridgehead atoms. The van der Waals surface area contributed by atoms with Gasteiger partial charge in [-0.25, -0.2) is 13.1 Å². The number of sulfonamides is 1. The molecular weight excluding hydrogens is 332 g/mol. The quantitative estimate of drug-likeness (QED) is 0.863. The number of hydrogen-bond donors (Lipinski definition) is 1. The third kappa shape index (κ3) is 4.18. The first-order chi connectivity index (χ1) is 11.1. The Balaban J connectivity index is 2.43. The van der Waals surface area contributed by atoms with Gasteiger partial charge in [0.15, 0.2) is 0 Å². The van der Waals surface area contributed by atoms with E-state index < -0.39 is 26.9 Å². The van der Waals surface area contributed by atoms with Crippen LogP contribution < -0.4 is 14.2 Å². The first-order valence-corrected chi connectivity index (χ1v) is 9.23. The average molecular weight is 358 g/mol. The van der Waals surface area contributed by atoms with Gasteiger partial charge in [-0.3, -0.25) is 4.84 Å². The molecule has 1 aromatic carbocycles. The van der Waals surface area contributed by atoms with Crippen molar-refractivity contribution in [1.29, 1.82) is 0 Å². The molecule has 24 heavy (non-hydrogen) atoms. The minimum absolute atomic E-state index is 0.0894. The van der Waals surface area contributed by atoms with Gasteiger partial charge >= 0.3 is 0 Å². The van der Waals surface area contributed by atoms with Crippen molar-refractivity contribution >= 4 is 10.0 Å². The topological polar surface area (TPSA) is 77.1 Å². The molecule has 1 aliphatic rings. The van der Waals surface area contributed by atoms with Crippen molar-refractivity contribution in [2.45, 2.75) is 37.6 Å². The lowest BCUT2D eigenvalue weighted by Crippen LogP contribution is -2.47. The number of methoxy groups -OCH3 is 2. The molecule has 1 heterocycles. The van der Waals surface area contributed by atoms with E-state index in [2.05, 4.69) is 4.72 Å². The molecule has 0 unspecified atom stereocenters. The maximum atomic E-state index is 12.8. The van der Waals surface area contributed by atoms with E-state index in [0.717, 1.165) is 5.56 Å². The monoisotopic (exact) mass is 358 g/mol. The van der Waals surface area contributed by atoms with Gasteiger partial charge in [-0.2, -0.15) is 5.06 Å². The van der Waals surface area contributed by atoms with Crippen LogP contribution in [-0.2, 0) is 14.9 Å². The van der Waals surface area contributed by atoms with Crippen LogP contribution in [0.1, 0.15) is 32.4 Å². The highest BCUT2D eigenvalue weighted by molar-refractivity contribution is 7.90. The lowest BCUT2D eigenvalue weighted by atomic mass is 10.0. The number of hydrogen-bond acceptors (Lipinski definition) is 6. The maximum absolute atomic E-state index is 12.8. The van der Waals surface area contributed by atoms with Gasteiger partial charge in [-0.05, 0) is 38.5 Å². The van der Waals surface area contributed by atoms with Gasteiger partial charge in [-0.1, -0.05) is 0 Å². The molecule has 0 saturated carbocycles. The summed E-state index contributed by atoms with van der Waals surface area (Å²) in [5.41, 5.74) is 0.201. The Morgan fingerprint density at radius 3 is 2.17 bits per heavy atom. The summed E-state index contributed by atoms with van der Waals surface area (Å²) in [6.45, 7) is 5.53. The summed E-state index contributed by atoms with van der Waals surface area (Å²) < 4.78 is 38.9. The molecule has 1 fully saturated rings. The van der Waals surface area contributed by atoms with Crippen molar-refractivity contribution < 1.29 is 22.7 Å². The van der Waals surface area contributed by atoms with Gasteiger partial charge in [-0.15, -0.1) is 0 Å². The number of hydroxylamine groups is 2. The zero-order chi connectivity index (χ0) is 18.1. The van der Waals surface area contributed by atoms with Crippen LogP contribution >= 0.6 is 0 Å². The summed E-state index contributed by atoms with van der Waals surface area (Å²) in [4.78, 5) is 5.51. The summed E-state index contributed by atoms with van der Waals surface area (Å²) in [5.74, 6) is 1.20. The van der Waals surface area contributed by atoms with E-state index in [-0.39, 0.29) is 6.61 Å². The van der Waals surface area contributed by atoms with Crippen LogP contribution in [0.2, 0.25) is 0 Å². The van der Waals surface area contributed by atoms with Gasteiger partial charge in [0.2, 0.25) is 10.0 Å². The highest BCUT2D eigenvalue weighted by Crippen LogP contribution is 2.37. The van der Waals surface area contributed by atoms with E-state index >= 15 is 0 Å². The molecule has 0 radical (unpaired) electrons. The lowest BCUT2D eigenvalue weighted by molar-refractivity contribution is -0.110. The predicted octanol–water partition coefficient (Wildman–Crippen LogP) is 1.71. The molecule has 1 saturated heterocycles. The fourth-order valence-corrected chi connectivity index (χ4v) is 4.70. The molecule has 0 aromatic heterocycles. The summed E-state index contributed by atoms with van der Waals surface area (Å²) in [7, 11) is 1.26. The first kappa shape index (κ1) is 19.0. The van der Waals surface area contributed by atoms with Crippen LogP contribution in [-0.4, -0.2) is 52.1 Å². The second-order valence-corrected chi connectivity index (χ2v) is 8.77. The largest absolute Gasteiger partial charge is 0.497 e. The molecule has 1 aliphatic heterocycles. The molecule has 2 atom stereocenters. The molecule has 7 nitrogen and oxygen atoms in total. The third-order valence-electron chi connectivity index (χ3n) is 3.75. The number of ether oxygens (including phenoxy) is 2. The van der Waals surface area contributed by atoms with Crippen LogP contribution in [0.4, 0.5) is 0 Å². The summed E-state index contributed by atoms with van der Waals surface area (Å²) in [6.07, 6.45) is 0. The fourth-order valence-electron chi connectivity index (χ4n) is 2.78. The normalized spacial score (nSPS) is 22.6. The van der Waals surface area contributed by atoms with Crippen LogP contribution in [0.3, 0.4) is 0 Å². The Hall–Kier alpha value is -1.35.